The van der Waals surface area contributed by atoms with Crippen LogP contribution in [-0.4, -0.2) is 68.0 Å². The normalized spacial score (nSPS) is 15.9. The number of rotatable bonds is 7. The number of imidazole rings is 1. The van der Waals surface area contributed by atoms with Crippen molar-refractivity contribution >= 4 is 45.4 Å². The summed E-state index contributed by atoms with van der Waals surface area (Å²) < 4.78 is 32.6. The highest BCUT2D eigenvalue weighted by atomic mass is 127. The first-order valence-corrected chi connectivity index (χ1v) is 13.5. The number of hydrogen-bond donors (Lipinski definition) is 1. The molecule has 4 aromatic rings. The maximum absolute atomic E-state index is 15.0. The van der Waals surface area contributed by atoms with Crippen molar-refractivity contribution < 1.29 is 8.78 Å². The van der Waals surface area contributed by atoms with E-state index in [9.17, 15) is 8.78 Å². The Bertz CT molecular complexity index is 1480. The second-order valence-electron chi connectivity index (χ2n) is 9.95. The Morgan fingerprint density at radius 2 is 1.95 bits per heavy atom. The number of benzene rings is 1. The molecular weight excluding hydrogens is 589 g/mol. The number of fused-ring (bicyclic) bond motifs is 2. The van der Waals surface area contributed by atoms with Gasteiger partial charge in [0.2, 0.25) is 5.95 Å². The molecule has 1 aromatic carbocycles. The van der Waals surface area contributed by atoms with Gasteiger partial charge >= 0.3 is 0 Å². The quantitative estimate of drug-likeness (QED) is 0.300. The minimum absolute atomic E-state index is 0.0337. The molecule has 1 aliphatic heterocycles. The average Bonchev–Trinajstić information content (AvgIpc) is 3.65. The van der Waals surface area contributed by atoms with Crippen LogP contribution in [0.1, 0.15) is 30.1 Å². The lowest BCUT2D eigenvalue weighted by atomic mass is 10.1. The molecule has 192 valence electrons. The number of hydrogen-bond acceptors (Lipinski definition) is 7. The molecule has 1 aliphatic carbocycles. The number of aromatic nitrogens is 5. The minimum Gasteiger partial charge on any atom is -0.316 e. The Morgan fingerprint density at radius 3 is 2.73 bits per heavy atom. The highest BCUT2D eigenvalue weighted by molar-refractivity contribution is 14.1. The van der Waals surface area contributed by atoms with Crippen LogP contribution in [-0.2, 0) is 13.0 Å². The lowest BCUT2D eigenvalue weighted by Crippen LogP contribution is -2.36. The average molecular weight is 616 g/mol. The maximum Gasteiger partial charge on any atom is 0.229 e. The number of halogens is 3. The molecule has 0 bridgehead atoms. The first-order chi connectivity index (χ1) is 17.9. The molecule has 1 saturated carbocycles. The molecule has 8 nitrogen and oxygen atoms in total. The van der Waals surface area contributed by atoms with E-state index in [1.807, 2.05) is 10.6 Å². The first-order valence-electron chi connectivity index (χ1n) is 12.4. The Morgan fingerprint density at radius 1 is 1.11 bits per heavy atom. The Balaban J connectivity index is 1.26. The topological polar surface area (TPSA) is 75.0 Å². The van der Waals surface area contributed by atoms with Crippen molar-refractivity contribution in [3.05, 3.63) is 57.2 Å². The highest BCUT2D eigenvalue weighted by Crippen LogP contribution is 2.40. The number of nitrogens with zero attached hydrogens (tertiary/aromatic N) is 7. The predicted octanol–water partition coefficient (Wildman–Crippen LogP) is 4.77. The van der Waals surface area contributed by atoms with Gasteiger partial charge in [-0.2, -0.15) is 0 Å². The number of anilines is 2. The monoisotopic (exact) mass is 616 g/mol. The van der Waals surface area contributed by atoms with Gasteiger partial charge in [-0.05, 0) is 73.3 Å². The lowest BCUT2D eigenvalue weighted by molar-refractivity contribution is 0.224. The van der Waals surface area contributed by atoms with E-state index >= 15 is 0 Å². The van der Waals surface area contributed by atoms with Gasteiger partial charge in [0, 0.05) is 49.9 Å². The summed E-state index contributed by atoms with van der Waals surface area (Å²) in [4.78, 5) is 22.3. The fraction of sp³-hybridized carbons (Fsp3) is 0.385. The van der Waals surface area contributed by atoms with Crippen LogP contribution in [0.5, 0.6) is 0 Å². The number of pyridine rings is 1. The molecule has 3 aromatic heterocycles. The van der Waals surface area contributed by atoms with Crippen molar-refractivity contribution in [3.63, 3.8) is 0 Å². The predicted molar refractivity (Wildman–Crippen MR) is 147 cm³/mol. The van der Waals surface area contributed by atoms with Crippen molar-refractivity contribution in [1.82, 2.24) is 34.3 Å². The molecule has 2 aliphatic rings. The Hall–Kier alpha value is -2.77. The molecule has 0 spiro atoms. The zero-order chi connectivity index (χ0) is 25.7. The molecule has 4 heterocycles. The minimum atomic E-state index is -0.618. The van der Waals surface area contributed by atoms with Crippen LogP contribution in [0.3, 0.4) is 0 Å². The van der Waals surface area contributed by atoms with E-state index in [4.69, 9.17) is 4.98 Å². The van der Waals surface area contributed by atoms with Crippen LogP contribution in [0.15, 0.2) is 30.5 Å². The molecular formula is C26H27F2IN8. The standard InChI is InChI=1S/C26H27F2IN8/c1-35(2)9-10-36-8-7-20-15(14-36)3-6-22(31-20)32-26-30-13-19(28)23(34-26)16-11-18(27)24-21(12-16)37(17-4-5-17)25(29)33-24/h3,6,11-13,17H,4-5,7-10,14H2,1-2H3,(H,30,31,32,34). The third kappa shape index (κ3) is 5.04. The van der Waals surface area contributed by atoms with Gasteiger partial charge in [-0.3, -0.25) is 4.90 Å². The smallest absolute Gasteiger partial charge is 0.229 e. The zero-order valence-electron chi connectivity index (χ0n) is 20.7. The van der Waals surface area contributed by atoms with Crippen molar-refractivity contribution in [2.45, 2.75) is 31.8 Å². The second kappa shape index (κ2) is 9.84. The lowest BCUT2D eigenvalue weighted by Gasteiger charge is -2.29. The van der Waals surface area contributed by atoms with Gasteiger partial charge in [-0.25, -0.2) is 28.7 Å². The SMILES string of the molecule is CN(C)CCN1CCc2nc(Nc3ncc(F)c(-c4cc(F)c5nc(I)n(C6CC6)c5c4)n3)ccc2C1. The maximum atomic E-state index is 15.0. The molecule has 0 unspecified atom stereocenters. The first kappa shape index (κ1) is 24.6. The summed E-state index contributed by atoms with van der Waals surface area (Å²) in [5.74, 6) is -0.305. The van der Waals surface area contributed by atoms with Crippen LogP contribution in [0.4, 0.5) is 20.5 Å². The molecule has 0 atom stereocenters. The van der Waals surface area contributed by atoms with E-state index < -0.39 is 11.6 Å². The van der Waals surface area contributed by atoms with Crippen molar-refractivity contribution in [1.29, 1.82) is 0 Å². The summed E-state index contributed by atoms with van der Waals surface area (Å²) in [5, 5.41) is 3.11. The second-order valence-corrected chi connectivity index (χ2v) is 10.9. The fourth-order valence-corrected chi connectivity index (χ4v) is 5.66. The number of nitrogens with one attached hydrogen (secondary N) is 1. The van der Waals surface area contributed by atoms with Crippen molar-refractivity contribution in [3.8, 4) is 11.3 Å². The van der Waals surface area contributed by atoms with Crippen LogP contribution in [0.2, 0.25) is 0 Å². The fourth-order valence-electron chi connectivity index (χ4n) is 4.76. The van der Waals surface area contributed by atoms with E-state index in [1.165, 1.54) is 11.6 Å². The van der Waals surface area contributed by atoms with E-state index in [2.05, 4.69) is 72.8 Å². The van der Waals surface area contributed by atoms with Crippen LogP contribution in [0, 0.1) is 15.5 Å². The van der Waals surface area contributed by atoms with E-state index in [0.29, 0.717) is 28.5 Å². The van der Waals surface area contributed by atoms with E-state index in [-0.39, 0.29) is 11.6 Å². The summed E-state index contributed by atoms with van der Waals surface area (Å²) in [6.45, 7) is 3.87. The molecule has 6 rings (SSSR count). The molecule has 37 heavy (non-hydrogen) atoms. The summed E-state index contributed by atoms with van der Waals surface area (Å²) in [5.41, 5.74) is 3.59. The Kier molecular flexibility index (Phi) is 6.53. The van der Waals surface area contributed by atoms with Crippen molar-refractivity contribution in [2.75, 3.05) is 39.0 Å². The van der Waals surface area contributed by atoms with Crippen LogP contribution >= 0.6 is 22.6 Å². The summed E-state index contributed by atoms with van der Waals surface area (Å²) in [6, 6.07) is 7.33. The van der Waals surface area contributed by atoms with Gasteiger partial charge in [0.1, 0.15) is 17.0 Å². The third-order valence-electron chi connectivity index (χ3n) is 6.87. The largest absolute Gasteiger partial charge is 0.316 e. The molecule has 0 radical (unpaired) electrons. The molecule has 1 N–H and O–H groups in total. The molecule has 1 fully saturated rings. The molecule has 0 amide bonds. The van der Waals surface area contributed by atoms with Gasteiger partial charge in [0.05, 0.1) is 11.7 Å². The third-order valence-corrected chi connectivity index (χ3v) is 7.63. The van der Waals surface area contributed by atoms with Gasteiger partial charge in [-0.1, -0.05) is 6.07 Å². The summed E-state index contributed by atoms with van der Waals surface area (Å²) in [6.07, 6.45) is 4.03. The summed E-state index contributed by atoms with van der Waals surface area (Å²) >= 11 is 2.12. The highest BCUT2D eigenvalue weighted by Gasteiger charge is 2.29. The number of likely N-dealkylation sites (N-methyl/N-ethyl adjacent to an activating group) is 1. The van der Waals surface area contributed by atoms with Gasteiger partial charge in [-0.15, -0.1) is 0 Å². The van der Waals surface area contributed by atoms with Crippen LogP contribution in [0.25, 0.3) is 22.3 Å². The zero-order valence-corrected chi connectivity index (χ0v) is 22.8. The van der Waals surface area contributed by atoms with Gasteiger partial charge in [0.25, 0.3) is 0 Å². The van der Waals surface area contributed by atoms with Crippen molar-refractivity contribution in [2.24, 2.45) is 0 Å². The van der Waals surface area contributed by atoms with Gasteiger partial charge in [0.15, 0.2) is 15.5 Å². The summed E-state index contributed by atoms with van der Waals surface area (Å²) in [7, 11) is 4.16. The molecule has 11 heteroatoms. The van der Waals surface area contributed by atoms with Gasteiger partial charge < -0.3 is 14.8 Å². The van der Waals surface area contributed by atoms with Crippen LogP contribution < -0.4 is 5.32 Å². The molecule has 0 saturated heterocycles. The van der Waals surface area contributed by atoms with E-state index in [1.54, 1.807) is 6.07 Å². The Labute approximate surface area is 227 Å². The van der Waals surface area contributed by atoms with E-state index in [0.717, 1.165) is 61.2 Å².